The van der Waals surface area contributed by atoms with Gasteiger partial charge in [-0.2, -0.15) is 0 Å². The van der Waals surface area contributed by atoms with Gasteiger partial charge in [0.15, 0.2) is 0 Å². The van der Waals surface area contributed by atoms with Crippen molar-refractivity contribution in [1.29, 1.82) is 0 Å². The highest BCUT2D eigenvalue weighted by Gasteiger charge is 2.46. The van der Waals surface area contributed by atoms with Gasteiger partial charge in [0.1, 0.15) is 5.76 Å². The molecule has 2 heterocycles. The van der Waals surface area contributed by atoms with Gasteiger partial charge in [-0.25, -0.2) is 0 Å². The number of hydrogen-bond acceptors (Lipinski definition) is 4. The maximum Gasteiger partial charge on any atom is 0.295 e. The number of carbonyl (C=O) groups is 2. The predicted octanol–water partition coefficient (Wildman–Crippen LogP) is 5.96. The minimum absolute atomic E-state index is 0.0744. The Bertz CT molecular complexity index is 1280. The first-order valence-corrected chi connectivity index (χ1v) is 11.5. The Labute approximate surface area is 204 Å². The first-order chi connectivity index (χ1) is 16.1. The number of hydrogen-bond donors (Lipinski definition) is 1. The molecule has 1 aromatic heterocycles. The van der Waals surface area contributed by atoms with E-state index < -0.39 is 17.7 Å². The molecule has 3 aromatic rings. The Hall–Kier alpha value is -3.44. The average molecular weight is 475 g/mol. The third-order valence-electron chi connectivity index (χ3n) is 6.16. The van der Waals surface area contributed by atoms with Gasteiger partial charge in [0.05, 0.1) is 11.6 Å². The molecular weight excluding hydrogens is 448 g/mol. The fraction of sp³-hybridized carbons (Fsp3) is 0.250. The molecule has 6 heteroatoms. The number of amides is 1. The Balaban J connectivity index is 1.91. The number of Topliss-reactive ketones (excluding diaryl/α,β-unsaturated/α-hetero) is 1. The summed E-state index contributed by atoms with van der Waals surface area (Å²) < 4.78 is 0. The van der Waals surface area contributed by atoms with Crippen molar-refractivity contribution in [1.82, 2.24) is 9.88 Å². The molecule has 0 aliphatic carbocycles. The zero-order valence-electron chi connectivity index (χ0n) is 19.7. The van der Waals surface area contributed by atoms with Crippen molar-refractivity contribution < 1.29 is 14.7 Å². The molecule has 174 valence electrons. The zero-order valence-corrected chi connectivity index (χ0v) is 20.4. The van der Waals surface area contributed by atoms with Crippen molar-refractivity contribution in [2.75, 3.05) is 0 Å². The molecule has 1 fully saturated rings. The van der Waals surface area contributed by atoms with Gasteiger partial charge >= 0.3 is 0 Å². The van der Waals surface area contributed by atoms with Crippen molar-refractivity contribution in [2.24, 2.45) is 0 Å². The molecule has 2 aromatic carbocycles. The highest BCUT2D eigenvalue weighted by atomic mass is 35.5. The minimum Gasteiger partial charge on any atom is -0.507 e. The van der Waals surface area contributed by atoms with Crippen LogP contribution in [-0.4, -0.2) is 26.7 Å². The molecule has 0 radical (unpaired) electrons. The Morgan fingerprint density at radius 3 is 2.41 bits per heavy atom. The summed E-state index contributed by atoms with van der Waals surface area (Å²) in [6, 6.07) is 15.7. The molecule has 1 aliphatic rings. The van der Waals surface area contributed by atoms with Crippen molar-refractivity contribution >= 4 is 29.1 Å². The molecule has 4 rings (SSSR count). The minimum atomic E-state index is -0.754. The second kappa shape index (κ2) is 9.07. The summed E-state index contributed by atoms with van der Waals surface area (Å²) in [6.45, 7) is 8.32. The molecule has 0 spiro atoms. The van der Waals surface area contributed by atoms with Gasteiger partial charge in [0.25, 0.3) is 11.7 Å². The highest BCUT2D eigenvalue weighted by Crippen LogP contribution is 2.41. The lowest BCUT2D eigenvalue weighted by Crippen LogP contribution is -2.29. The summed E-state index contributed by atoms with van der Waals surface area (Å²) in [5.41, 5.74) is 3.79. The summed E-state index contributed by atoms with van der Waals surface area (Å²) >= 11 is 6.10. The van der Waals surface area contributed by atoms with E-state index in [0.29, 0.717) is 16.1 Å². The fourth-order valence-corrected chi connectivity index (χ4v) is 4.34. The number of aliphatic hydroxyl groups excluding tert-OH is 1. The van der Waals surface area contributed by atoms with Gasteiger partial charge in [0.2, 0.25) is 0 Å². The van der Waals surface area contributed by atoms with Gasteiger partial charge in [-0.05, 0) is 58.9 Å². The first kappa shape index (κ1) is 23.7. The molecule has 34 heavy (non-hydrogen) atoms. The molecule has 5 nitrogen and oxygen atoms in total. The van der Waals surface area contributed by atoms with Crippen LogP contribution < -0.4 is 0 Å². The Kier molecular flexibility index (Phi) is 6.32. The van der Waals surface area contributed by atoms with E-state index in [1.54, 1.807) is 42.7 Å². The van der Waals surface area contributed by atoms with Gasteiger partial charge < -0.3 is 10.0 Å². The third-order valence-corrected chi connectivity index (χ3v) is 6.41. The number of aromatic nitrogens is 1. The summed E-state index contributed by atoms with van der Waals surface area (Å²) in [7, 11) is 0. The number of pyridine rings is 1. The number of ketones is 1. The number of likely N-dealkylation sites (tertiary alicyclic amines) is 1. The molecular formula is C28H27ClN2O3. The van der Waals surface area contributed by atoms with Crippen molar-refractivity contribution in [2.45, 2.75) is 45.7 Å². The highest BCUT2D eigenvalue weighted by molar-refractivity contribution is 6.46. The molecule has 1 N–H and O–H groups in total. The van der Waals surface area contributed by atoms with Crippen LogP contribution in [0.15, 0.2) is 72.6 Å². The van der Waals surface area contributed by atoms with Crippen molar-refractivity contribution in [3.63, 3.8) is 0 Å². The zero-order chi connectivity index (χ0) is 24.6. The van der Waals surface area contributed by atoms with Crippen molar-refractivity contribution in [3.05, 3.63) is 105 Å². The van der Waals surface area contributed by atoms with Crippen molar-refractivity contribution in [3.8, 4) is 0 Å². The van der Waals surface area contributed by atoms with Crippen LogP contribution >= 0.6 is 11.6 Å². The SMILES string of the molecule is Cc1ccc(C(C)(C)C)cc1/C(O)=C1\C(=O)C(=O)N(Cc2cccnc2)C1c1ccc(Cl)cc1. The lowest BCUT2D eigenvalue weighted by molar-refractivity contribution is -0.140. The summed E-state index contributed by atoms with van der Waals surface area (Å²) in [6.07, 6.45) is 3.31. The molecule has 1 aliphatic heterocycles. The number of aliphatic hydroxyl groups is 1. The van der Waals surface area contributed by atoms with E-state index in [1.807, 2.05) is 31.2 Å². The van der Waals surface area contributed by atoms with E-state index in [0.717, 1.165) is 16.7 Å². The number of benzene rings is 2. The normalized spacial score (nSPS) is 17.9. The van der Waals surface area contributed by atoms with Crippen LogP contribution in [0, 0.1) is 6.92 Å². The number of nitrogens with zero attached hydrogens (tertiary/aromatic N) is 2. The van der Waals surface area contributed by atoms with Gasteiger partial charge in [-0.15, -0.1) is 0 Å². The predicted molar refractivity (Wildman–Crippen MR) is 133 cm³/mol. The standard InChI is InChI=1S/C28H27ClN2O3/c1-17-7-10-20(28(2,3)4)14-22(17)25(32)23-24(19-8-11-21(29)12-9-19)31(27(34)26(23)33)16-18-6-5-13-30-15-18/h5-15,24,32H,16H2,1-4H3/b25-23+. The van der Waals surface area contributed by atoms with Crippen LogP contribution in [0.4, 0.5) is 0 Å². The summed E-state index contributed by atoms with van der Waals surface area (Å²) in [5.74, 6) is -1.53. The number of carbonyl (C=O) groups excluding carboxylic acids is 2. The Morgan fingerprint density at radius 1 is 1.09 bits per heavy atom. The van der Waals surface area contributed by atoms with E-state index in [4.69, 9.17) is 11.6 Å². The lowest BCUT2D eigenvalue weighted by Gasteiger charge is -2.26. The van der Waals surface area contributed by atoms with Gasteiger partial charge in [-0.1, -0.05) is 62.7 Å². The van der Waals surface area contributed by atoms with Crippen LogP contribution in [0.3, 0.4) is 0 Å². The molecule has 0 saturated carbocycles. The second-order valence-corrected chi connectivity index (χ2v) is 10.1. The second-order valence-electron chi connectivity index (χ2n) is 9.62. The summed E-state index contributed by atoms with van der Waals surface area (Å²) in [5, 5.41) is 12.0. The lowest BCUT2D eigenvalue weighted by atomic mass is 9.84. The number of rotatable bonds is 4. The van der Waals surface area contributed by atoms with E-state index >= 15 is 0 Å². The van der Waals surface area contributed by atoms with E-state index in [2.05, 4.69) is 25.8 Å². The first-order valence-electron chi connectivity index (χ1n) is 11.1. The van der Waals surface area contributed by atoms with E-state index in [1.165, 1.54) is 4.90 Å². The third kappa shape index (κ3) is 4.48. The number of halogens is 1. The van der Waals surface area contributed by atoms with Crippen LogP contribution in [-0.2, 0) is 21.5 Å². The summed E-state index contributed by atoms with van der Waals surface area (Å²) in [4.78, 5) is 32.1. The quantitative estimate of drug-likeness (QED) is 0.287. The number of aryl methyl sites for hydroxylation is 1. The molecule has 1 unspecified atom stereocenters. The topological polar surface area (TPSA) is 70.5 Å². The Morgan fingerprint density at radius 2 is 1.79 bits per heavy atom. The van der Waals surface area contributed by atoms with Crippen LogP contribution in [0.2, 0.25) is 5.02 Å². The molecule has 1 saturated heterocycles. The smallest absolute Gasteiger partial charge is 0.295 e. The molecule has 1 amide bonds. The maximum atomic E-state index is 13.3. The van der Waals surface area contributed by atoms with Crippen LogP contribution in [0.25, 0.3) is 5.76 Å². The van der Waals surface area contributed by atoms with Crippen LogP contribution in [0.1, 0.15) is 54.6 Å². The van der Waals surface area contributed by atoms with Crippen LogP contribution in [0.5, 0.6) is 0 Å². The molecule has 1 atom stereocenters. The molecule has 0 bridgehead atoms. The van der Waals surface area contributed by atoms with E-state index in [-0.39, 0.29) is 23.3 Å². The van der Waals surface area contributed by atoms with Gasteiger partial charge in [-0.3, -0.25) is 14.6 Å². The fourth-order valence-electron chi connectivity index (χ4n) is 4.21. The van der Waals surface area contributed by atoms with Gasteiger partial charge in [0, 0.05) is 29.5 Å². The monoisotopic (exact) mass is 474 g/mol. The largest absolute Gasteiger partial charge is 0.507 e. The average Bonchev–Trinajstić information content (AvgIpc) is 3.04. The maximum absolute atomic E-state index is 13.3. The van der Waals surface area contributed by atoms with E-state index in [9.17, 15) is 14.7 Å².